The Kier molecular flexibility index (Phi) is 6.57. The van der Waals surface area contributed by atoms with Gasteiger partial charge in [0.1, 0.15) is 16.8 Å². The molecule has 3 aromatic rings. The first-order valence-electron chi connectivity index (χ1n) is 10.3. The molecule has 0 aliphatic heterocycles. The van der Waals surface area contributed by atoms with Crippen LogP contribution in [0.5, 0.6) is 5.75 Å². The fourth-order valence-electron chi connectivity index (χ4n) is 3.34. The molecule has 2 amide bonds. The van der Waals surface area contributed by atoms with Gasteiger partial charge in [0.2, 0.25) is 16.9 Å². The van der Waals surface area contributed by atoms with Gasteiger partial charge in [-0.15, -0.1) is 10.2 Å². The lowest BCUT2D eigenvalue weighted by Crippen LogP contribution is -2.48. The molecule has 1 atom stereocenters. The van der Waals surface area contributed by atoms with Crippen molar-refractivity contribution >= 4 is 28.3 Å². The monoisotopic (exact) mass is 436 g/mol. The highest BCUT2D eigenvalue weighted by Crippen LogP contribution is 2.28. The molecule has 7 nitrogen and oxygen atoms in total. The van der Waals surface area contributed by atoms with Gasteiger partial charge in [-0.2, -0.15) is 0 Å². The number of benzene rings is 2. The average molecular weight is 437 g/mol. The molecule has 31 heavy (non-hydrogen) atoms. The lowest BCUT2D eigenvalue weighted by molar-refractivity contribution is -0.131. The predicted molar refractivity (Wildman–Crippen MR) is 120 cm³/mol. The van der Waals surface area contributed by atoms with Crippen LogP contribution in [0.2, 0.25) is 0 Å². The zero-order valence-corrected chi connectivity index (χ0v) is 18.0. The Balaban J connectivity index is 1.45. The van der Waals surface area contributed by atoms with E-state index in [0.29, 0.717) is 16.6 Å². The van der Waals surface area contributed by atoms with Gasteiger partial charge in [0.15, 0.2) is 0 Å². The lowest BCUT2D eigenvalue weighted by atomic mass is 9.84. The van der Waals surface area contributed by atoms with Crippen LogP contribution in [0.4, 0.5) is 5.13 Å². The zero-order valence-electron chi connectivity index (χ0n) is 17.2. The number of methoxy groups -OCH3 is 1. The van der Waals surface area contributed by atoms with Crippen molar-refractivity contribution in [3.8, 4) is 16.3 Å². The standard InChI is InChI=1S/C23H24N4O3S/c1-30-18-12-10-17(11-13-18)22-26-27-23(31-22)25-21(29)19(14-15-6-3-2-4-7-15)24-20(28)16-8-5-9-16/h2-4,6-7,10-13,16,19H,5,8-9,14H2,1H3,(H,24,28)(H,25,27,29). The van der Waals surface area contributed by atoms with Crippen molar-refractivity contribution in [2.75, 3.05) is 12.4 Å². The summed E-state index contributed by atoms with van der Waals surface area (Å²) in [5.41, 5.74) is 1.87. The SMILES string of the molecule is COc1ccc(-c2nnc(NC(=O)C(Cc3ccccc3)NC(=O)C3CCC3)s2)cc1. The fraction of sp³-hybridized carbons (Fsp3) is 0.304. The van der Waals surface area contributed by atoms with Gasteiger partial charge in [0.25, 0.3) is 0 Å². The van der Waals surface area contributed by atoms with E-state index < -0.39 is 6.04 Å². The number of hydrogen-bond acceptors (Lipinski definition) is 6. The van der Waals surface area contributed by atoms with Crippen LogP contribution in [0.15, 0.2) is 54.6 Å². The van der Waals surface area contributed by atoms with Crippen molar-refractivity contribution in [3.05, 3.63) is 60.2 Å². The summed E-state index contributed by atoms with van der Waals surface area (Å²) in [4.78, 5) is 25.5. The summed E-state index contributed by atoms with van der Waals surface area (Å²) in [6.07, 6.45) is 3.24. The van der Waals surface area contributed by atoms with Crippen LogP contribution in [-0.2, 0) is 16.0 Å². The van der Waals surface area contributed by atoms with Crippen LogP contribution >= 0.6 is 11.3 Å². The summed E-state index contributed by atoms with van der Waals surface area (Å²) in [5, 5.41) is 15.1. The van der Waals surface area contributed by atoms with Crippen LogP contribution in [-0.4, -0.2) is 35.2 Å². The largest absolute Gasteiger partial charge is 0.497 e. The Bertz CT molecular complexity index is 1030. The minimum Gasteiger partial charge on any atom is -0.497 e. The van der Waals surface area contributed by atoms with Crippen LogP contribution in [0.1, 0.15) is 24.8 Å². The molecule has 0 bridgehead atoms. The molecule has 160 valence electrons. The highest BCUT2D eigenvalue weighted by atomic mass is 32.1. The third-order valence-electron chi connectivity index (χ3n) is 5.38. The van der Waals surface area contributed by atoms with E-state index >= 15 is 0 Å². The zero-order chi connectivity index (χ0) is 21.6. The topological polar surface area (TPSA) is 93.2 Å². The van der Waals surface area contributed by atoms with Gasteiger partial charge in [-0.3, -0.25) is 14.9 Å². The van der Waals surface area contributed by atoms with Crippen molar-refractivity contribution < 1.29 is 14.3 Å². The first-order chi connectivity index (χ1) is 15.1. The van der Waals surface area contributed by atoms with E-state index in [9.17, 15) is 9.59 Å². The summed E-state index contributed by atoms with van der Waals surface area (Å²) in [6.45, 7) is 0. The summed E-state index contributed by atoms with van der Waals surface area (Å²) in [5.74, 6) is 0.412. The van der Waals surface area contributed by atoms with E-state index in [1.165, 1.54) is 11.3 Å². The lowest BCUT2D eigenvalue weighted by Gasteiger charge is -2.27. The number of anilines is 1. The van der Waals surface area contributed by atoms with E-state index in [0.717, 1.165) is 36.1 Å². The summed E-state index contributed by atoms with van der Waals surface area (Å²) in [7, 11) is 1.61. The molecule has 1 aromatic heterocycles. The molecule has 1 saturated carbocycles. The van der Waals surface area contributed by atoms with Gasteiger partial charge < -0.3 is 10.1 Å². The minimum atomic E-state index is -0.677. The highest BCUT2D eigenvalue weighted by Gasteiger charge is 2.29. The number of nitrogens with one attached hydrogen (secondary N) is 2. The Morgan fingerprint density at radius 3 is 2.48 bits per heavy atom. The molecular weight excluding hydrogens is 412 g/mol. The predicted octanol–water partition coefficient (Wildman–Crippen LogP) is 3.68. The smallest absolute Gasteiger partial charge is 0.249 e. The summed E-state index contributed by atoms with van der Waals surface area (Å²) in [6, 6.07) is 16.5. The van der Waals surface area contributed by atoms with E-state index in [2.05, 4.69) is 20.8 Å². The number of carbonyl (C=O) groups excluding carboxylic acids is 2. The number of carbonyl (C=O) groups is 2. The molecule has 2 aromatic carbocycles. The van der Waals surface area contributed by atoms with Crippen molar-refractivity contribution in [3.63, 3.8) is 0 Å². The van der Waals surface area contributed by atoms with Crippen LogP contribution in [0, 0.1) is 5.92 Å². The van der Waals surface area contributed by atoms with Gasteiger partial charge in [0, 0.05) is 17.9 Å². The van der Waals surface area contributed by atoms with E-state index in [-0.39, 0.29) is 17.7 Å². The molecule has 8 heteroatoms. The second-order valence-electron chi connectivity index (χ2n) is 7.51. The molecule has 4 rings (SSSR count). The Morgan fingerprint density at radius 2 is 1.84 bits per heavy atom. The van der Waals surface area contributed by atoms with Gasteiger partial charge in [-0.25, -0.2) is 0 Å². The molecule has 1 aliphatic rings. The first kappa shape index (κ1) is 21.0. The normalized spacial score (nSPS) is 14.4. The summed E-state index contributed by atoms with van der Waals surface area (Å²) >= 11 is 1.28. The number of hydrogen-bond donors (Lipinski definition) is 2. The van der Waals surface area contributed by atoms with Gasteiger partial charge in [-0.1, -0.05) is 48.1 Å². The maximum absolute atomic E-state index is 13.0. The first-order valence-corrected chi connectivity index (χ1v) is 11.1. The maximum atomic E-state index is 13.0. The molecule has 1 fully saturated rings. The van der Waals surface area contributed by atoms with E-state index in [1.807, 2.05) is 54.6 Å². The molecule has 1 heterocycles. The second kappa shape index (κ2) is 9.70. The van der Waals surface area contributed by atoms with Crippen molar-refractivity contribution in [2.45, 2.75) is 31.7 Å². The van der Waals surface area contributed by atoms with E-state index in [4.69, 9.17) is 4.74 Å². The molecule has 1 unspecified atom stereocenters. The Labute approximate surface area is 184 Å². The number of rotatable bonds is 8. The molecule has 0 spiro atoms. The van der Waals surface area contributed by atoms with Gasteiger partial charge >= 0.3 is 0 Å². The number of amides is 2. The molecule has 2 N–H and O–H groups in total. The number of ether oxygens (including phenoxy) is 1. The maximum Gasteiger partial charge on any atom is 0.249 e. The van der Waals surface area contributed by atoms with Gasteiger partial charge in [0.05, 0.1) is 7.11 Å². The number of aromatic nitrogens is 2. The quantitative estimate of drug-likeness (QED) is 0.562. The third kappa shape index (κ3) is 5.27. The third-order valence-corrected chi connectivity index (χ3v) is 6.27. The van der Waals surface area contributed by atoms with Crippen molar-refractivity contribution in [1.29, 1.82) is 0 Å². The Hall–Kier alpha value is -3.26. The fourth-order valence-corrected chi connectivity index (χ4v) is 4.09. The van der Waals surface area contributed by atoms with Crippen LogP contribution in [0.25, 0.3) is 10.6 Å². The molecule has 1 aliphatic carbocycles. The Morgan fingerprint density at radius 1 is 1.10 bits per heavy atom. The van der Waals surface area contributed by atoms with Crippen molar-refractivity contribution in [2.24, 2.45) is 5.92 Å². The average Bonchev–Trinajstić information content (AvgIpc) is 3.21. The van der Waals surface area contributed by atoms with Crippen LogP contribution < -0.4 is 15.4 Å². The molecular formula is C23H24N4O3S. The highest BCUT2D eigenvalue weighted by molar-refractivity contribution is 7.18. The van der Waals surface area contributed by atoms with E-state index in [1.54, 1.807) is 7.11 Å². The number of nitrogens with zero attached hydrogens (tertiary/aromatic N) is 2. The van der Waals surface area contributed by atoms with Crippen molar-refractivity contribution in [1.82, 2.24) is 15.5 Å². The van der Waals surface area contributed by atoms with Crippen LogP contribution in [0.3, 0.4) is 0 Å². The molecule has 0 radical (unpaired) electrons. The second-order valence-corrected chi connectivity index (χ2v) is 8.49. The summed E-state index contributed by atoms with van der Waals surface area (Å²) < 4.78 is 5.17. The molecule has 0 saturated heterocycles. The minimum absolute atomic E-state index is 0.00859. The van der Waals surface area contributed by atoms with Gasteiger partial charge in [-0.05, 0) is 42.7 Å².